The Morgan fingerprint density at radius 2 is 1.90 bits per heavy atom. The molecule has 0 aromatic carbocycles. The zero-order valence-corrected chi connectivity index (χ0v) is 8.97. The van der Waals surface area contributed by atoms with Gasteiger partial charge in [0.1, 0.15) is 0 Å². The molecule has 0 aromatic rings. The van der Waals surface area contributed by atoms with Crippen molar-refractivity contribution in [2.45, 2.75) is 0 Å². The van der Waals surface area contributed by atoms with Crippen molar-refractivity contribution >= 4 is 57.4 Å². The van der Waals surface area contributed by atoms with Crippen molar-refractivity contribution in [2.75, 3.05) is 7.11 Å². The fourth-order valence-electron chi connectivity index (χ4n) is 0.204. The summed E-state index contributed by atoms with van der Waals surface area (Å²) in [7, 11) is 1.15. The Labute approximate surface area is 95.1 Å². The molecular formula is C5H5O4Sr. The molecule has 51 valence electrons. The minimum Gasteiger partial charge on any atom is -0.545 e. The van der Waals surface area contributed by atoms with Crippen LogP contribution < -0.4 is 5.11 Å². The molecule has 0 N–H and O–H groups in total. The van der Waals surface area contributed by atoms with Gasteiger partial charge in [0.25, 0.3) is 0 Å². The van der Waals surface area contributed by atoms with Crippen LogP contribution in [0.2, 0.25) is 0 Å². The molecule has 0 spiro atoms. The maximum absolute atomic E-state index is 10.1. The number of rotatable bonds is 2. The zero-order valence-electron chi connectivity index (χ0n) is 5.49. The molecule has 5 heteroatoms. The average Bonchev–Trinajstić information content (AvgIpc) is 1.83. The number of carbonyl (C=O) groups is 2. The molecule has 0 saturated carbocycles. The Kier molecular flexibility index (Phi) is 9.31. The molecule has 1 radical (unpaired) electrons. The first kappa shape index (κ1) is 12.8. The number of methoxy groups -OCH3 is 1. The van der Waals surface area contributed by atoms with E-state index in [-0.39, 0.29) is 45.5 Å². The molecule has 0 saturated heterocycles. The van der Waals surface area contributed by atoms with Gasteiger partial charge < -0.3 is 14.6 Å². The van der Waals surface area contributed by atoms with Crippen LogP contribution in [0, 0.1) is 0 Å². The van der Waals surface area contributed by atoms with Gasteiger partial charge in [-0.05, 0) is 6.08 Å². The summed E-state index contributed by atoms with van der Waals surface area (Å²) in [5.41, 5.74) is 0. The number of hydrogen-bond acceptors (Lipinski definition) is 4. The number of carbonyl (C=O) groups excluding carboxylic acids is 2. The SMILES string of the molecule is COC(=O)C=CC(=O)[O-].[Sr+]. The number of ether oxygens (including phenoxy) is 1. The minimum absolute atomic E-state index is 0. The van der Waals surface area contributed by atoms with Gasteiger partial charge in [-0.2, -0.15) is 0 Å². The Morgan fingerprint density at radius 1 is 1.40 bits per heavy atom. The van der Waals surface area contributed by atoms with Crippen LogP contribution in [0.5, 0.6) is 0 Å². The van der Waals surface area contributed by atoms with E-state index in [2.05, 4.69) is 4.74 Å². The van der Waals surface area contributed by atoms with Crippen LogP contribution in [0.4, 0.5) is 0 Å². The van der Waals surface area contributed by atoms with E-state index < -0.39 is 11.9 Å². The van der Waals surface area contributed by atoms with Gasteiger partial charge in [-0.3, -0.25) is 0 Å². The smallest absolute Gasteiger partial charge is 0.545 e. The average molecular weight is 217 g/mol. The second kappa shape index (κ2) is 7.27. The summed E-state index contributed by atoms with van der Waals surface area (Å²) in [5.74, 6) is -2.13. The summed E-state index contributed by atoms with van der Waals surface area (Å²) in [6, 6.07) is 0. The first-order valence-electron chi connectivity index (χ1n) is 2.14. The fraction of sp³-hybridized carbons (Fsp3) is 0.200. The second-order valence-electron chi connectivity index (χ2n) is 1.18. The van der Waals surface area contributed by atoms with Crippen LogP contribution in [0.25, 0.3) is 0 Å². The molecule has 4 nitrogen and oxygen atoms in total. The summed E-state index contributed by atoms with van der Waals surface area (Å²) >= 11 is 0. The maximum atomic E-state index is 10.1. The van der Waals surface area contributed by atoms with Crippen molar-refractivity contribution < 1.29 is 19.4 Å². The van der Waals surface area contributed by atoms with E-state index in [1.54, 1.807) is 0 Å². The summed E-state index contributed by atoms with van der Waals surface area (Å²) in [4.78, 5) is 19.7. The van der Waals surface area contributed by atoms with Gasteiger partial charge in [0.15, 0.2) is 0 Å². The summed E-state index contributed by atoms with van der Waals surface area (Å²) in [5, 5.41) is 9.61. The molecule has 0 atom stereocenters. The van der Waals surface area contributed by atoms with E-state index in [9.17, 15) is 14.7 Å². The second-order valence-corrected chi connectivity index (χ2v) is 1.18. The third-order valence-corrected chi connectivity index (χ3v) is 0.557. The van der Waals surface area contributed by atoms with Gasteiger partial charge in [-0.1, -0.05) is 0 Å². The first-order chi connectivity index (χ1) is 4.16. The molecule has 0 unspecified atom stereocenters. The third-order valence-electron chi connectivity index (χ3n) is 0.557. The monoisotopic (exact) mass is 217 g/mol. The first-order valence-corrected chi connectivity index (χ1v) is 2.14. The summed E-state index contributed by atoms with van der Waals surface area (Å²) in [6.07, 6.45) is 1.38. The Balaban J connectivity index is 0. The number of carboxylic acids is 1. The number of hydrogen-bond donors (Lipinski definition) is 0. The quantitative estimate of drug-likeness (QED) is 0.307. The Morgan fingerprint density at radius 3 is 2.20 bits per heavy atom. The maximum Gasteiger partial charge on any atom is 1.00 e. The molecule has 0 bridgehead atoms. The van der Waals surface area contributed by atoms with E-state index in [1.165, 1.54) is 0 Å². The van der Waals surface area contributed by atoms with Crippen molar-refractivity contribution in [3.05, 3.63) is 12.2 Å². The largest absolute Gasteiger partial charge is 1.00 e. The number of aliphatic carboxylic acids is 1. The Bertz CT molecular complexity index is 152. The van der Waals surface area contributed by atoms with Crippen molar-refractivity contribution in [1.29, 1.82) is 0 Å². The zero-order chi connectivity index (χ0) is 7.28. The molecule has 0 aliphatic carbocycles. The van der Waals surface area contributed by atoms with Crippen LogP contribution in [0.1, 0.15) is 0 Å². The van der Waals surface area contributed by atoms with Crippen LogP contribution >= 0.6 is 0 Å². The normalized spacial score (nSPS) is 8.50. The van der Waals surface area contributed by atoms with E-state index >= 15 is 0 Å². The molecule has 0 amide bonds. The van der Waals surface area contributed by atoms with Crippen LogP contribution in [0.3, 0.4) is 0 Å². The molecule has 0 fully saturated rings. The minimum atomic E-state index is -1.42. The number of esters is 1. The summed E-state index contributed by atoms with van der Waals surface area (Å²) < 4.78 is 4.08. The van der Waals surface area contributed by atoms with Crippen LogP contribution in [-0.2, 0) is 14.3 Å². The molecule has 0 aliphatic rings. The van der Waals surface area contributed by atoms with Crippen LogP contribution in [0.15, 0.2) is 12.2 Å². The standard InChI is InChI=1S/C5H6O4.Sr/c1-9-5(8)3-2-4(6)7;/h2-3H,1H3,(H,6,7);/q;+1/p-1. The van der Waals surface area contributed by atoms with Gasteiger partial charge in [0.2, 0.25) is 0 Å². The predicted octanol–water partition coefficient (Wildman–Crippen LogP) is -1.92. The van der Waals surface area contributed by atoms with Gasteiger partial charge in [0.05, 0.1) is 13.1 Å². The molecular weight excluding hydrogens is 212 g/mol. The van der Waals surface area contributed by atoms with Crippen molar-refractivity contribution in [2.24, 2.45) is 0 Å². The van der Waals surface area contributed by atoms with Gasteiger partial charge >= 0.3 is 51.5 Å². The van der Waals surface area contributed by atoms with Gasteiger partial charge in [-0.25, -0.2) is 4.79 Å². The molecule has 0 rings (SSSR count). The summed E-state index contributed by atoms with van der Waals surface area (Å²) in [6.45, 7) is 0. The fourth-order valence-corrected chi connectivity index (χ4v) is 0.204. The Hall–Kier alpha value is 0.161. The predicted molar refractivity (Wildman–Crippen MR) is 31.9 cm³/mol. The topological polar surface area (TPSA) is 66.4 Å². The van der Waals surface area contributed by atoms with Gasteiger partial charge in [-0.15, -0.1) is 0 Å². The van der Waals surface area contributed by atoms with Crippen molar-refractivity contribution in [3.63, 3.8) is 0 Å². The van der Waals surface area contributed by atoms with Crippen molar-refractivity contribution in [3.8, 4) is 0 Å². The third kappa shape index (κ3) is 8.16. The molecule has 0 heterocycles. The van der Waals surface area contributed by atoms with Gasteiger partial charge in [0, 0.05) is 6.08 Å². The van der Waals surface area contributed by atoms with E-state index in [0.29, 0.717) is 6.08 Å². The van der Waals surface area contributed by atoms with E-state index in [1.807, 2.05) is 0 Å². The van der Waals surface area contributed by atoms with E-state index in [4.69, 9.17) is 0 Å². The van der Waals surface area contributed by atoms with Crippen LogP contribution in [-0.4, -0.2) is 64.5 Å². The molecule has 0 aromatic heterocycles. The van der Waals surface area contributed by atoms with Crippen molar-refractivity contribution in [1.82, 2.24) is 0 Å². The molecule has 10 heavy (non-hydrogen) atoms. The molecule has 0 aliphatic heterocycles. The number of carboxylic acid groups (broad SMARTS) is 1. The van der Waals surface area contributed by atoms with E-state index in [0.717, 1.165) is 13.2 Å².